The maximum atomic E-state index is 6.34. The normalized spacial score (nSPS) is 14.4. The van der Waals surface area contributed by atoms with E-state index in [2.05, 4.69) is 40.0 Å². The zero-order chi connectivity index (χ0) is 14.0. The fourth-order valence-corrected chi connectivity index (χ4v) is 2.68. The molecule has 0 aliphatic carbocycles. The number of aryl methyl sites for hydroxylation is 1. The number of nitrogens with one attached hydrogen (secondary N) is 1. The lowest BCUT2D eigenvalue weighted by atomic mass is 9.97. The van der Waals surface area contributed by atoms with E-state index < -0.39 is 5.54 Å². The summed E-state index contributed by atoms with van der Waals surface area (Å²) in [6, 6.07) is 8.16. The maximum absolute atomic E-state index is 6.34. The van der Waals surface area contributed by atoms with Crippen molar-refractivity contribution >= 4 is 15.9 Å². The van der Waals surface area contributed by atoms with Gasteiger partial charge in [-0.1, -0.05) is 41.4 Å². The molecule has 0 spiro atoms. The van der Waals surface area contributed by atoms with E-state index in [-0.39, 0.29) is 0 Å². The van der Waals surface area contributed by atoms with E-state index >= 15 is 0 Å². The van der Waals surface area contributed by atoms with Gasteiger partial charge in [-0.05, 0) is 32.4 Å². The number of benzene rings is 1. The minimum absolute atomic E-state index is 0.399. The van der Waals surface area contributed by atoms with Crippen LogP contribution >= 0.6 is 15.9 Å². The van der Waals surface area contributed by atoms with Crippen molar-refractivity contribution in [3.63, 3.8) is 0 Å². The Hall–Kier alpha value is -1.13. The summed E-state index contributed by atoms with van der Waals surface area (Å²) in [6.07, 6.45) is 1.96. The van der Waals surface area contributed by atoms with Crippen LogP contribution in [0, 0.1) is 6.92 Å². The average molecular weight is 322 g/mol. The number of hydrogen-bond acceptors (Lipinski definition) is 2. The summed E-state index contributed by atoms with van der Waals surface area (Å²) in [5.41, 5.74) is 9.07. The molecule has 0 bridgehead atoms. The van der Waals surface area contributed by atoms with Crippen molar-refractivity contribution in [2.24, 2.45) is 5.73 Å². The number of aromatic amines is 1. The molecule has 19 heavy (non-hydrogen) atoms. The molecule has 0 amide bonds. The average Bonchev–Trinajstić information content (AvgIpc) is 2.72. The van der Waals surface area contributed by atoms with E-state index in [1.165, 1.54) is 0 Å². The first-order valence-corrected chi connectivity index (χ1v) is 7.35. The Morgan fingerprint density at radius 3 is 2.79 bits per heavy atom. The molecule has 2 aromatic rings. The van der Waals surface area contributed by atoms with Crippen LogP contribution in [-0.2, 0) is 5.54 Å². The third-order valence-corrected chi connectivity index (χ3v) is 3.79. The van der Waals surface area contributed by atoms with Crippen molar-refractivity contribution in [1.29, 1.82) is 0 Å². The van der Waals surface area contributed by atoms with E-state index in [4.69, 9.17) is 10.7 Å². The molecule has 0 radical (unpaired) electrons. The third-order valence-electron chi connectivity index (χ3n) is 3.29. The molecular formula is C15H20BrN3. The predicted molar refractivity (Wildman–Crippen MR) is 82.9 cm³/mol. The molecule has 1 aromatic heterocycles. The molecule has 0 saturated carbocycles. The first-order valence-electron chi connectivity index (χ1n) is 6.56. The van der Waals surface area contributed by atoms with Gasteiger partial charge in [-0.3, -0.25) is 0 Å². The lowest BCUT2D eigenvalue weighted by Gasteiger charge is -2.21. The highest BCUT2D eigenvalue weighted by atomic mass is 79.9. The van der Waals surface area contributed by atoms with Crippen LogP contribution in [0.1, 0.15) is 38.2 Å². The number of rotatable bonds is 4. The molecule has 1 heterocycles. The summed E-state index contributed by atoms with van der Waals surface area (Å²) in [7, 11) is 0. The van der Waals surface area contributed by atoms with Gasteiger partial charge < -0.3 is 10.7 Å². The maximum Gasteiger partial charge on any atom is 0.126 e. The van der Waals surface area contributed by atoms with Gasteiger partial charge in [-0.15, -0.1) is 0 Å². The number of imidazole rings is 1. The Morgan fingerprint density at radius 1 is 1.42 bits per heavy atom. The van der Waals surface area contributed by atoms with Crippen LogP contribution in [-0.4, -0.2) is 9.97 Å². The first-order chi connectivity index (χ1) is 8.94. The summed E-state index contributed by atoms with van der Waals surface area (Å²) >= 11 is 3.49. The number of aromatic nitrogens is 2. The smallest absolute Gasteiger partial charge is 0.126 e. The number of nitrogens with zero attached hydrogens (tertiary/aromatic N) is 1. The molecule has 4 heteroatoms. The van der Waals surface area contributed by atoms with E-state index in [1.807, 2.05) is 26.0 Å². The highest BCUT2D eigenvalue weighted by Gasteiger charge is 2.25. The van der Waals surface area contributed by atoms with E-state index in [0.717, 1.165) is 40.1 Å². The van der Waals surface area contributed by atoms with Gasteiger partial charge in [0.05, 0.1) is 11.2 Å². The largest absolute Gasteiger partial charge is 0.344 e. The molecule has 1 unspecified atom stereocenters. The van der Waals surface area contributed by atoms with Gasteiger partial charge in [0.1, 0.15) is 5.82 Å². The molecule has 2 rings (SSSR count). The van der Waals surface area contributed by atoms with Gasteiger partial charge in [0.25, 0.3) is 0 Å². The third kappa shape index (κ3) is 3.07. The lowest BCUT2D eigenvalue weighted by Crippen LogP contribution is -2.34. The minimum atomic E-state index is -0.399. The van der Waals surface area contributed by atoms with Gasteiger partial charge in [0, 0.05) is 15.7 Å². The van der Waals surface area contributed by atoms with Gasteiger partial charge in [0.15, 0.2) is 0 Å². The fourth-order valence-electron chi connectivity index (χ4n) is 2.29. The molecule has 0 aliphatic rings. The zero-order valence-electron chi connectivity index (χ0n) is 11.6. The van der Waals surface area contributed by atoms with Crippen LogP contribution in [0.25, 0.3) is 11.3 Å². The Morgan fingerprint density at radius 2 is 2.16 bits per heavy atom. The second-order valence-corrected chi connectivity index (χ2v) is 6.15. The second kappa shape index (κ2) is 5.47. The number of H-pyrrole nitrogens is 1. The Balaban J connectivity index is 2.42. The van der Waals surface area contributed by atoms with Crippen molar-refractivity contribution in [2.45, 2.75) is 39.2 Å². The summed E-state index contributed by atoms with van der Waals surface area (Å²) in [5.74, 6) is 0.863. The molecule has 3 N–H and O–H groups in total. The number of hydrogen-bond donors (Lipinski definition) is 2. The topological polar surface area (TPSA) is 54.7 Å². The Bertz CT molecular complexity index is 573. The second-order valence-electron chi connectivity index (χ2n) is 5.24. The Kier molecular flexibility index (Phi) is 4.11. The molecule has 0 aliphatic heterocycles. The minimum Gasteiger partial charge on any atom is -0.344 e. The predicted octanol–water partition coefficient (Wildman–Crippen LogP) is 4.12. The van der Waals surface area contributed by atoms with Gasteiger partial charge in [-0.25, -0.2) is 4.98 Å². The fraction of sp³-hybridized carbons (Fsp3) is 0.400. The summed E-state index contributed by atoms with van der Waals surface area (Å²) in [4.78, 5) is 8.05. The van der Waals surface area contributed by atoms with Crippen molar-refractivity contribution in [3.8, 4) is 11.3 Å². The van der Waals surface area contributed by atoms with Gasteiger partial charge in [-0.2, -0.15) is 0 Å². The molecule has 3 nitrogen and oxygen atoms in total. The van der Waals surface area contributed by atoms with Gasteiger partial charge >= 0.3 is 0 Å². The molecule has 0 fully saturated rings. The van der Waals surface area contributed by atoms with Crippen LogP contribution < -0.4 is 5.73 Å². The number of halogens is 1. The van der Waals surface area contributed by atoms with Crippen LogP contribution in [0.5, 0.6) is 0 Å². The Labute approximate surface area is 122 Å². The van der Waals surface area contributed by atoms with Crippen molar-refractivity contribution in [3.05, 3.63) is 40.3 Å². The lowest BCUT2D eigenvalue weighted by molar-refractivity contribution is 0.423. The molecule has 1 atom stereocenters. The van der Waals surface area contributed by atoms with Crippen molar-refractivity contribution in [2.75, 3.05) is 0 Å². The molecule has 0 saturated heterocycles. The van der Waals surface area contributed by atoms with Gasteiger partial charge in [0.2, 0.25) is 0 Å². The van der Waals surface area contributed by atoms with E-state index in [1.54, 1.807) is 0 Å². The van der Waals surface area contributed by atoms with Crippen LogP contribution in [0.3, 0.4) is 0 Å². The molecule has 102 valence electrons. The van der Waals surface area contributed by atoms with Crippen molar-refractivity contribution < 1.29 is 0 Å². The van der Waals surface area contributed by atoms with Crippen molar-refractivity contribution in [1.82, 2.24) is 9.97 Å². The quantitative estimate of drug-likeness (QED) is 0.889. The highest BCUT2D eigenvalue weighted by molar-refractivity contribution is 9.10. The zero-order valence-corrected chi connectivity index (χ0v) is 13.2. The summed E-state index contributed by atoms with van der Waals surface area (Å²) in [6.45, 7) is 6.20. The standard InChI is InChI=1S/C15H20BrN3/c1-4-8-15(3,17)14-18-10(2)13(19-14)11-6-5-7-12(16)9-11/h5-7,9H,4,8,17H2,1-3H3,(H,18,19). The summed E-state index contributed by atoms with van der Waals surface area (Å²) in [5, 5.41) is 0. The van der Waals surface area contributed by atoms with Crippen LogP contribution in [0.15, 0.2) is 28.7 Å². The first kappa shape index (κ1) is 14.3. The monoisotopic (exact) mass is 321 g/mol. The van der Waals surface area contributed by atoms with Crippen LogP contribution in [0.4, 0.5) is 0 Å². The molecule has 1 aromatic carbocycles. The van der Waals surface area contributed by atoms with Crippen LogP contribution in [0.2, 0.25) is 0 Å². The molecular weight excluding hydrogens is 302 g/mol. The number of nitrogens with two attached hydrogens (primary N) is 1. The highest BCUT2D eigenvalue weighted by Crippen LogP contribution is 2.28. The van der Waals surface area contributed by atoms with E-state index in [0.29, 0.717) is 0 Å². The SMILES string of the molecule is CCCC(C)(N)c1nc(-c2cccc(Br)c2)c(C)[nH]1. The van der Waals surface area contributed by atoms with E-state index in [9.17, 15) is 0 Å². The summed E-state index contributed by atoms with van der Waals surface area (Å²) < 4.78 is 1.05.